The molecule has 1 heterocycles. The van der Waals surface area contributed by atoms with Gasteiger partial charge in [-0.25, -0.2) is 4.79 Å². The number of nitrogens with one attached hydrogen (secondary N) is 1. The first-order valence-electron chi connectivity index (χ1n) is 7.88. The molecule has 3 rings (SSSR count). The molecule has 1 aliphatic heterocycles. The predicted octanol–water partition coefficient (Wildman–Crippen LogP) is 2.99. The zero-order chi connectivity index (χ0) is 17.1. The Hall–Kier alpha value is -2.66. The second-order valence-corrected chi connectivity index (χ2v) is 5.90. The maximum atomic E-state index is 12.2. The summed E-state index contributed by atoms with van der Waals surface area (Å²) in [6, 6.07) is 15.4. The molecule has 0 aliphatic carbocycles. The number of anilines is 1. The summed E-state index contributed by atoms with van der Waals surface area (Å²) in [4.78, 5) is 26.1. The molecule has 0 bridgehead atoms. The lowest BCUT2D eigenvalue weighted by Crippen LogP contribution is -2.32. The maximum Gasteiger partial charge on any atom is 0.337 e. The van der Waals surface area contributed by atoms with Crippen molar-refractivity contribution in [1.29, 1.82) is 0 Å². The highest BCUT2D eigenvalue weighted by Gasteiger charge is 2.24. The fraction of sp³-hybridized carbons (Fsp3) is 0.263. The summed E-state index contributed by atoms with van der Waals surface area (Å²) in [6.07, 6.45) is 0. The fourth-order valence-electron chi connectivity index (χ4n) is 2.96. The van der Waals surface area contributed by atoms with E-state index in [0.717, 1.165) is 16.8 Å². The number of rotatable bonds is 3. The van der Waals surface area contributed by atoms with Gasteiger partial charge in [0.05, 0.1) is 19.2 Å². The molecule has 0 saturated carbocycles. The number of benzene rings is 2. The molecule has 2 aromatic carbocycles. The lowest BCUT2D eigenvalue weighted by Gasteiger charge is -2.27. The van der Waals surface area contributed by atoms with Crippen molar-refractivity contribution in [2.24, 2.45) is 0 Å². The van der Waals surface area contributed by atoms with Gasteiger partial charge in [-0.15, -0.1) is 0 Å². The summed E-state index contributed by atoms with van der Waals surface area (Å²) in [5.74, 6) is -0.432. The molecule has 0 saturated heterocycles. The number of amides is 1. The first kappa shape index (κ1) is 16.2. The van der Waals surface area contributed by atoms with Crippen LogP contribution in [0.3, 0.4) is 0 Å². The van der Waals surface area contributed by atoms with Crippen LogP contribution < -0.4 is 5.32 Å². The van der Waals surface area contributed by atoms with E-state index in [0.29, 0.717) is 18.7 Å². The van der Waals surface area contributed by atoms with Gasteiger partial charge in [0, 0.05) is 18.3 Å². The number of hydrogen-bond acceptors (Lipinski definition) is 4. The van der Waals surface area contributed by atoms with Gasteiger partial charge in [-0.3, -0.25) is 9.69 Å². The molecule has 2 aromatic rings. The second kappa shape index (κ2) is 6.84. The number of hydrogen-bond donors (Lipinski definition) is 1. The van der Waals surface area contributed by atoms with Gasteiger partial charge in [-0.05, 0) is 36.2 Å². The van der Waals surface area contributed by atoms with Crippen molar-refractivity contribution in [3.8, 4) is 0 Å². The summed E-state index contributed by atoms with van der Waals surface area (Å²) in [6.45, 7) is 2.96. The predicted molar refractivity (Wildman–Crippen MR) is 91.7 cm³/mol. The van der Waals surface area contributed by atoms with Crippen LogP contribution in [0.25, 0.3) is 0 Å². The Morgan fingerprint density at radius 2 is 1.92 bits per heavy atom. The number of nitrogens with zero attached hydrogens (tertiary/aromatic N) is 1. The summed E-state index contributed by atoms with van der Waals surface area (Å²) in [5.41, 5.74) is 3.29. The van der Waals surface area contributed by atoms with E-state index in [1.807, 2.05) is 18.2 Å². The molecule has 5 nitrogen and oxygen atoms in total. The van der Waals surface area contributed by atoms with Crippen molar-refractivity contribution in [3.05, 3.63) is 65.2 Å². The third kappa shape index (κ3) is 3.31. The molecule has 0 aromatic heterocycles. The SMILES string of the molecule is COC(=O)c1ccc2c(c1)CN(C(C)c1ccccc1)CC(=O)N2. The number of esters is 1. The monoisotopic (exact) mass is 324 g/mol. The third-order valence-electron chi connectivity index (χ3n) is 4.35. The van der Waals surface area contributed by atoms with Crippen molar-refractivity contribution in [3.63, 3.8) is 0 Å². The third-order valence-corrected chi connectivity index (χ3v) is 4.35. The highest BCUT2D eigenvalue weighted by molar-refractivity contribution is 5.95. The molecule has 0 radical (unpaired) electrons. The van der Waals surface area contributed by atoms with E-state index in [-0.39, 0.29) is 17.9 Å². The Kier molecular flexibility index (Phi) is 4.62. The molecule has 0 fully saturated rings. The molecule has 5 heteroatoms. The highest BCUT2D eigenvalue weighted by atomic mass is 16.5. The molecule has 24 heavy (non-hydrogen) atoms. The van der Waals surface area contributed by atoms with E-state index in [1.165, 1.54) is 7.11 Å². The zero-order valence-electron chi connectivity index (χ0n) is 13.8. The average molecular weight is 324 g/mol. The Morgan fingerprint density at radius 3 is 2.62 bits per heavy atom. The molecule has 0 spiro atoms. The van der Waals surface area contributed by atoms with Crippen LogP contribution in [0.2, 0.25) is 0 Å². The molecule has 124 valence electrons. The molecular weight excluding hydrogens is 304 g/mol. The highest BCUT2D eigenvalue weighted by Crippen LogP contribution is 2.28. The molecule has 1 N–H and O–H groups in total. The van der Waals surface area contributed by atoms with Crippen LogP contribution >= 0.6 is 0 Å². The largest absolute Gasteiger partial charge is 0.465 e. The van der Waals surface area contributed by atoms with E-state index in [9.17, 15) is 9.59 Å². The quantitative estimate of drug-likeness (QED) is 0.882. The molecular formula is C19H20N2O3. The minimum absolute atomic E-state index is 0.0534. The number of ether oxygens (including phenoxy) is 1. The van der Waals surface area contributed by atoms with E-state index in [2.05, 4.69) is 29.3 Å². The summed E-state index contributed by atoms with van der Waals surface area (Å²) < 4.78 is 4.78. The van der Waals surface area contributed by atoms with Gasteiger partial charge < -0.3 is 10.1 Å². The Labute approximate surface area is 141 Å². The van der Waals surface area contributed by atoms with E-state index in [1.54, 1.807) is 18.2 Å². The first-order chi connectivity index (χ1) is 11.6. The van der Waals surface area contributed by atoms with Gasteiger partial charge >= 0.3 is 5.97 Å². The van der Waals surface area contributed by atoms with Gasteiger partial charge in [0.25, 0.3) is 0 Å². The summed E-state index contributed by atoms with van der Waals surface area (Å²) in [5, 5.41) is 2.91. The Balaban J connectivity index is 1.92. The van der Waals surface area contributed by atoms with Crippen LogP contribution in [0.1, 0.15) is 34.5 Å². The smallest absolute Gasteiger partial charge is 0.337 e. The minimum atomic E-state index is -0.379. The lowest BCUT2D eigenvalue weighted by atomic mass is 10.0. The van der Waals surface area contributed by atoms with Crippen LogP contribution in [0.4, 0.5) is 5.69 Å². The number of methoxy groups -OCH3 is 1. The van der Waals surface area contributed by atoms with Gasteiger partial charge in [0.1, 0.15) is 0 Å². The van der Waals surface area contributed by atoms with Gasteiger partial charge in [0.15, 0.2) is 0 Å². The van der Waals surface area contributed by atoms with Crippen LogP contribution in [0.5, 0.6) is 0 Å². The molecule has 1 unspecified atom stereocenters. The molecule has 1 atom stereocenters. The average Bonchev–Trinajstić information content (AvgIpc) is 2.78. The number of carbonyl (C=O) groups is 2. The van der Waals surface area contributed by atoms with E-state index >= 15 is 0 Å². The van der Waals surface area contributed by atoms with Crippen molar-refractivity contribution in [2.45, 2.75) is 19.5 Å². The maximum absolute atomic E-state index is 12.2. The van der Waals surface area contributed by atoms with E-state index < -0.39 is 0 Å². The van der Waals surface area contributed by atoms with Gasteiger partial charge in [0.2, 0.25) is 5.91 Å². The summed E-state index contributed by atoms with van der Waals surface area (Å²) >= 11 is 0. The second-order valence-electron chi connectivity index (χ2n) is 5.90. The van der Waals surface area contributed by atoms with Crippen molar-refractivity contribution in [2.75, 3.05) is 19.0 Å². The van der Waals surface area contributed by atoms with Gasteiger partial charge in [-0.1, -0.05) is 30.3 Å². The number of carbonyl (C=O) groups excluding carboxylic acids is 2. The van der Waals surface area contributed by atoms with Crippen LogP contribution in [-0.4, -0.2) is 30.4 Å². The topological polar surface area (TPSA) is 58.6 Å². The fourth-order valence-corrected chi connectivity index (χ4v) is 2.96. The van der Waals surface area contributed by atoms with E-state index in [4.69, 9.17) is 4.74 Å². The van der Waals surface area contributed by atoms with Crippen molar-refractivity contribution in [1.82, 2.24) is 4.90 Å². The van der Waals surface area contributed by atoms with Gasteiger partial charge in [-0.2, -0.15) is 0 Å². The lowest BCUT2D eigenvalue weighted by molar-refractivity contribution is -0.117. The first-order valence-corrected chi connectivity index (χ1v) is 7.88. The van der Waals surface area contributed by atoms with Crippen LogP contribution in [0, 0.1) is 0 Å². The van der Waals surface area contributed by atoms with Crippen molar-refractivity contribution >= 4 is 17.6 Å². The molecule has 1 amide bonds. The normalized spacial score (nSPS) is 15.8. The summed E-state index contributed by atoms with van der Waals surface area (Å²) in [7, 11) is 1.36. The number of fused-ring (bicyclic) bond motifs is 1. The van der Waals surface area contributed by atoms with Crippen molar-refractivity contribution < 1.29 is 14.3 Å². The van der Waals surface area contributed by atoms with Crippen LogP contribution in [0.15, 0.2) is 48.5 Å². The minimum Gasteiger partial charge on any atom is -0.465 e. The Bertz CT molecular complexity index is 758. The standard InChI is InChI=1S/C19H20N2O3/c1-13(14-6-4-3-5-7-14)21-11-16-10-15(19(23)24-2)8-9-17(16)20-18(22)12-21/h3-10,13H,11-12H2,1-2H3,(H,20,22). The zero-order valence-corrected chi connectivity index (χ0v) is 13.8. The Morgan fingerprint density at radius 1 is 1.17 bits per heavy atom. The van der Waals surface area contributed by atoms with Crippen LogP contribution in [-0.2, 0) is 16.1 Å². The molecule has 1 aliphatic rings.